The van der Waals surface area contributed by atoms with Gasteiger partial charge in [-0.2, -0.15) is 4.31 Å². The molecule has 0 aliphatic carbocycles. The van der Waals surface area contributed by atoms with E-state index in [0.29, 0.717) is 5.56 Å². The van der Waals surface area contributed by atoms with Crippen LogP contribution in [0.4, 0.5) is 5.69 Å². The topological polar surface area (TPSA) is 119 Å². The molecule has 2 rings (SSSR count). The molecule has 0 aliphatic heterocycles. The molecular weight excluding hydrogens is 424 g/mol. The van der Waals surface area contributed by atoms with E-state index in [1.54, 1.807) is 12.1 Å². The summed E-state index contributed by atoms with van der Waals surface area (Å²) in [4.78, 5) is 36.5. The molecule has 0 bridgehead atoms. The summed E-state index contributed by atoms with van der Waals surface area (Å²) in [6.45, 7) is 1.42. The number of sulfonamides is 1. The van der Waals surface area contributed by atoms with Gasteiger partial charge in [-0.05, 0) is 30.7 Å². The summed E-state index contributed by atoms with van der Waals surface area (Å²) in [6, 6.07) is 11.2. The van der Waals surface area contributed by atoms with Crippen LogP contribution in [-0.2, 0) is 30.8 Å². The molecule has 0 saturated heterocycles. The van der Waals surface area contributed by atoms with Gasteiger partial charge in [0.25, 0.3) is 0 Å². The third-order valence-corrected chi connectivity index (χ3v) is 5.58. The van der Waals surface area contributed by atoms with Crippen LogP contribution in [0.25, 0.3) is 0 Å². The lowest BCUT2D eigenvalue weighted by Gasteiger charge is -2.20. The molecule has 9 nitrogen and oxygen atoms in total. The average Bonchev–Trinajstić information content (AvgIpc) is 2.72. The highest BCUT2D eigenvalue weighted by Crippen LogP contribution is 2.20. The molecule has 31 heavy (non-hydrogen) atoms. The third kappa shape index (κ3) is 6.63. The van der Waals surface area contributed by atoms with Crippen LogP contribution in [0.5, 0.6) is 0 Å². The van der Waals surface area contributed by atoms with Crippen molar-refractivity contribution in [1.82, 2.24) is 4.31 Å². The highest BCUT2D eigenvalue weighted by atomic mass is 32.2. The fourth-order valence-electron chi connectivity index (χ4n) is 2.72. The maximum atomic E-state index is 12.6. The minimum atomic E-state index is -3.71. The van der Waals surface area contributed by atoms with Gasteiger partial charge in [0.2, 0.25) is 15.9 Å². The molecule has 0 aliphatic rings. The van der Waals surface area contributed by atoms with Crippen LogP contribution < -0.4 is 5.32 Å². The summed E-state index contributed by atoms with van der Waals surface area (Å²) in [7, 11) is -1.34. The fraction of sp³-hybridized carbons (Fsp3) is 0.286. The van der Waals surface area contributed by atoms with E-state index in [9.17, 15) is 22.8 Å². The van der Waals surface area contributed by atoms with E-state index in [1.165, 1.54) is 32.4 Å². The monoisotopic (exact) mass is 448 g/mol. The molecule has 0 heterocycles. The standard InChI is InChI=1S/C21H24N2O7S/c1-14-5-7-15(8-6-14)12-23(31(4,27)28)13-19(24)22-18-11-16(20(25)29-2)9-10-17(18)21(26)30-3/h5-11H,12-13H2,1-4H3,(H,22,24). The number of esters is 2. The van der Waals surface area contributed by atoms with Crippen molar-refractivity contribution < 1.29 is 32.3 Å². The maximum absolute atomic E-state index is 12.6. The Labute approximate surface area is 181 Å². The van der Waals surface area contributed by atoms with E-state index >= 15 is 0 Å². The van der Waals surface area contributed by atoms with Crippen molar-refractivity contribution in [1.29, 1.82) is 0 Å². The number of rotatable bonds is 8. The molecule has 0 atom stereocenters. The summed E-state index contributed by atoms with van der Waals surface area (Å²) >= 11 is 0. The van der Waals surface area contributed by atoms with Gasteiger partial charge in [0.05, 0.1) is 43.8 Å². The van der Waals surface area contributed by atoms with Crippen LogP contribution >= 0.6 is 0 Å². The lowest BCUT2D eigenvalue weighted by atomic mass is 10.1. The molecule has 1 N–H and O–H groups in total. The zero-order valence-corrected chi connectivity index (χ0v) is 18.5. The molecule has 0 aromatic heterocycles. The number of carbonyl (C=O) groups is 3. The van der Waals surface area contributed by atoms with E-state index in [-0.39, 0.29) is 23.4 Å². The summed E-state index contributed by atoms with van der Waals surface area (Å²) in [5.74, 6) is -2.08. The van der Waals surface area contributed by atoms with E-state index in [4.69, 9.17) is 4.74 Å². The lowest BCUT2D eigenvalue weighted by Crippen LogP contribution is -2.37. The maximum Gasteiger partial charge on any atom is 0.339 e. The van der Waals surface area contributed by atoms with Gasteiger partial charge in [-0.15, -0.1) is 0 Å². The van der Waals surface area contributed by atoms with Crippen molar-refractivity contribution in [3.8, 4) is 0 Å². The quantitative estimate of drug-likeness (QED) is 0.613. The number of hydrogen-bond acceptors (Lipinski definition) is 7. The van der Waals surface area contributed by atoms with Crippen LogP contribution in [0.15, 0.2) is 42.5 Å². The number of aryl methyl sites for hydroxylation is 1. The van der Waals surface area contributed by atoms with Crippen molar-refractivity contribution in [2.24, 2.45) is 0 Å². The second-order valence-corrected chi connectivity index (χ2v) is 8.79. The summed E-state index contributed by atoms with van der Waals surface area (Å²) in [5.41, 5.74) is 1.85. The van der Waals surface area contributed by atoms with Crippen LogP contribution in [0.2, 0.25) is 0 Å². The van der Waals surface area contributed by atoms with E-state index < -0.39 is 34.4 Å². The molecule has 0 fully saturated rings. The molecular formula is C21H24N2O7S. The second kappa shape index (κ2) is 10.2. The molecule has 0 radical (unpaired) electrons. The van der Waals surface area contributed by atoms with Crippen molar-refractivity contribution in [3.05, 3.63) is 64.7 Å². The zero-order chi connectivity index (χ0) is 23.2. The van der Waals surface area contributed by atoms with Crippen LogP contribution in [0.3, 0.4) is 0 Å². The number of nitrogens with one attached hydrogen (secondary N) is 1. The van der Waals surface area contributed by atoms with Gasteiger partial charge in [-0.1, -0.05) is 29.8 Å². The molecule has 2 aromatic carbocycles. The lowest BCUT2D eigenvalue weighted by molar-refractivity contribution is -0.116. The molecule has 1 amide bonds. The van der Waals surface area contributed by atoms with Crippen LogP contribution in [-0.4, -0.2) is 57.6 Å². The number of amides is 1. The van der Waals surface area contributed by atoms with Crippen molar-refractivity contribution in [2.45, 2.75) is 13.5 Å². The van der Waals surface area contributed by atoms with E-state index in [1.807, 2.05) is 19.1 Å². The number of carbonyl (C=O) groups excluding carboxylic acids is 3. The zero-order valence-electron chi connectivity index (χ0n) is 17.7. The predicted molar refractivity (Wildman–Crippen MR) is 114 cm³/mol. The van der Waals surface area contributed by atoms with E-state index in [0.717, 1.165) is 16.1 Å². The van der Waals surface area contributed by atoms with Gasteiger partial charge in [-0.25, -0.2) is 18.0 Å². The van der Waals surface area contributed by atoms with E-state index in [2.05, 4.69) is 10.1 Å². The first-order valence-electron chi connectivity index (χ1n) is 9.16. The molecule has 2 aromatic rings. The molecule has 0 saturated carbocycles. The molecule has 0 spiro atoms. The van der Waals surface area contributed by atoms with Gasteiger partial charge < -0.3 is 14.8 Å². The normalized spacial score (nSPS) is 11.1. The molecule has 0 unspecified atom stereocenters. The summed E-state index contributed by atoms with van der Waals surface area (Å²) in [5, 5.41) is 2.49. The number of hydrogen-bond donors (Lipinski definition) is 1. The fourth-order valence-corrected chi connectivity index (χ4v) is 3.45. The Hall–Kier alpha value is -3.24. The second-order valence-electron chi connectivity index (χ2n) is 6.81. The van der Waals surface area contributed by atoms with Gasteiger partial charge in [0.1, 0.15) is 0 Å². The Morgan fingerprint density at radius 3 is 2.13 bits per heavy atom. The Bertz CT molecular complexity index is 1080. The predicted octanol–water partition coefficient (Wildman–Crippen LogP) is 1.97. The largest absolute Gasteiger partial charge is 0.465 e. The Morgan fingerprint density at radius 2 is 1.58 bits per heavy atom. The first-order chi connectivity index (χ1) is 14.5. The van der Waals surface area contributed by atoms with Gasteiger partial charge in [0, 0.05) is 6.54 Å². The van der Waals surface area contributed by atoms with Gasteiger partial charge >= 0.3 is 11.9 Å². The smallest absolute Gasteiger partial charge is 0.339 e. The summed E-state index contributed by atoms with van der Waals surface area (Å²) < 4.78 is 34.8. The van der Waals surface area contributed by atoms with Gasteiger partial charge in [-0.3, -0.25) is 4.79 Å². The first kappa shape index (κ1) is 24.0. The van der Waals surface area contributed by atoms with Gasteiger partial charge in [0.15, 0.2) is 0 Å². The number of benzene rings is 2. The first-order valence-corrected chi connectivity index (χ1v) is 11.0. The Kier molecular flexibility index (Phi) is 7.89. The number of nitrogens with zero attached hydrogens (tertiary/aromatic N) is 1. The summed E-state index contributed by atoms with van der Waals surface area (Å²) in [6.07, 6.45) is 1.01. The SMILES string of the molecule is COC(=O)c1ccc(C(=O)OC)c(NC(=O)CN(Cc2ccc(C)cc2)S(C)(=O)=O)c1. The number of ether oxygens (including phenoxy) is 2. The highest BCUT2D eigenvalue weighted by molar-refractivity contribution is 7.88. The van der Waals surface area contributed by atoms with Crippen LogP contribution in [0, 0.1) is 6.92 Å². The highest BCUT2D eigenvalue weighted by Gasteiger charge is 2.23. The number of methoxy groups -OCH3 is 2. The van der Waals surface area contributed by atoms with Crippen molar-refractivity contribution in [2.75, 3.05) is 32.3 Å². The van der Waals surface area contributed by atoms with Crippen LogP contribution in [0.1, 0.15) is 31.8 Å². The average molecular weight is 448 g/mol. The molecule has 166 valence electrons. The Balaban J connectivity index is 2.27. The van der Waals surface area contributed by atoms with Crippen molar-refractivity contribution in [3.63, 3.8) is 0 Å². The number of anilines is 1. The Morgan fingerprint density at radius 1 is 0.968 bits per heavy atom. The van der Waals surface area contributed by atoms with Crippen molar-refractivity contribution >= 4 is 33.6 Å². The minimum Gasteiger partial charge on any atom is -0.465 e. The third-order valence-electron chi connectivity index (χ3n) is 4.39. The minimum absolute atomic E-state index is 0.00140. The molecule has 10 heteroatoms.